The summed E-state index contributed by atoms with van der Waals surface area (Å²) >= 11 is 0. The van der Waals surface area contributed by atoms with Crippen LogP contribution in [0.1, 0.15) is 33.4 Å². The Labute approximate surface area is 195 Å². The predicted molar refractivity (Wildman–Crippen MR) is 117 cm³/mol. The molecule has 0 aromatic heterocycles. The number of fused-ring (bicyclic) bond motifs is 3. The Morgan fingerprint density at radius 3 is 1.23 bits per heavy atom. The van der Waals surface area contributed by atoms with Crippen LogP contribution >= 0.6 is 0 Å². The topological polar surface area (TPSA) is 40.5 Å². The molecule has 2 N–H and O–H groups in total. The van der Waals surface area contributed by atoms with Crippen LogP contribution in [0, 0.1) is 0 Å². The van der Waals surface area contributed by atoms with Gasteiger partial charge in [-0.25, -0.2) is 0 Å². The van der Waals surface area contributed by atoms with Crippen LogP contribution in [-0.2, 0) is 17.8 Å². The van der Waals surface area contributed by atoms with E-state index in [2.05, 4.69) is 0 Å². The number of alkyl halides is 6. The Morgan fingerprint density at radius 1 is 0.486 bits per heavy atom. The summed E-state index contributed by atoms with van der Waals surface area (Å²) in [5.74, 6) is -1.34. The lowest BCUT2D eigenvalue weighted by atomic mass is 9.65. The molecule has 0 saturated carbocycles. The Kier molecular flexibility index (Phi) is 4.91. The van der Waals surface area contributed by atoms with Gasteiger partial charge in [0.2, 0.25) is 0 Å². The summed E-state index contributed by atoms with van der Waals surface area (Å²) in [5, 5.41) is 19.8. The number of benzene rings is 4. The second-order valence-corrected chi connectivity index (χ2v) is 8.30. The SMILES string of the molecule is Oc1ccc(C2(c3ccc(O)cc3C(F)(F)F)c3ccccc3-c3ccccc32)c(C(F)(F)F)c1. The quantitative estimate of drug-likeness (QED) is 0.254. The van der Waals surface area contributed by atoms with Crippen molar-refractivity contribution in [1.29, 1.82) is 0 Å². The molecule has 8 heteroatoms. The zero-order valence-electron chi connectivity index (χ0n) is 17.7. The third kappa shape index (κ3) is 3.35. The van der Waals surface area contributed by atoms with Crippen LogP contribution in [0.3, 0.4) is 0 Å². The van der Waals surface area contributed by atoms with Crippen LogP contribution in [-0.4, -0.2) is 10.2 Å². The van der Waals surface area contributed by atoms with Gasteiger partial charge < -0.3 is 10.2 Å². The molecule has 0 unspecified atom stereocenters. The monoisotopic (exact) mass is 486 g/mol. The summed E-state index contributed by atoms with van der Waals surface area (Å²) in [7, 11) is 0. The molecule has 0 radical (unpaired) electrons. The van der Waals surface area contributed by atoms with E-state index in [1.807, 2.05) is 0 Å². The van der Waals surface area contributed by atoms with Gasteiger partial charge in [0, 0.05) is 0 Å². The largest absolute Gasteiger partial charge is 0.508 e. The van der Waals surface area contributed by atoms with Crippen LogP contribution in [0.2, 0.25) is 0 Å². The Bertz CT molecular complexity index is 1340. The summed E-state index contributed by atoms with van der Waals surface area (Å²) in [6.07, 6.45) is -9.97. The van der Waals surface area contributed by atoms with E-state index in [9.17, 15) is 36.6 Å². The maximum absolute atomic E-state index is 14.3. The summed E-state index contributed by atoms with van der Waals surface area (Å²) in [6.45, 7) is 0. The fourth-order valence-corrected chi connectivity index (χ4v) is 5.15. The first-order valence-corrected chi connectivity index (χ1v) is 10.5. The van der Waals surface area contributed by atoms with Crippen molar-refractivity contribution in [1.82, 2.24) is 0 Å². The fraction of sp³-hybridized carbons (Fsp3) is 0.111. The molecule has 0 fully saturated rings. The van der Waals surface area contributed by atoms with Crippen LogP contribution in [0.5, 0.6) is 11.5 Å². The van der Waals surface area contributed by atoms with Gasteiger partial charge >= 0.3 is 12.4 Å². The van der Waals surface area contributed by atoms with E-state index in [4.69, 9.17) is 0 Å². The molecule has 5 rings (SSSR count). The van der Waals surface area contributed by atoms with E-state index in [1.165, 1.54) is 12.1 Å². The van der Waals surface area contributed by atoms with Crippen molar-refractivity contribution in [3.8, 4) is 22.6 Å². The number of rotatable bonds is 2. The number of hydrogen-bond acceptors (Lipinski definition) is 2. The Balaban J connectivity index is 2.06. The number of phenols is 2. The van der Waals surface area contributed by atoms with E-state index >= 15 is 0 Å². The minimum Gasteiger partial charge on any atom is -0.508 e. The number of hydrogen-bond donors (Lipinski definition) is 2. The van der Waals surface area contributed by atoms with Crippen molar-refractivity contribution in [2.75, 3.05) is 0 Å². The van der Waals surface area contributed by atoms with Gasteiger partial charge in [0.25, 0.3) is 0 Å². The van der Waals surface area contributed by atoms with E-state index < -0.39 is 51.5 Å². The normalized spacial score (nSPS) is 14.5. The molecule has 0 aliphatic heterocycles. The molecule has 4 aromatic rings. The summed E-state index contributed by atoms with van der Waals surface area (Å²) in [4.78, 5) is 0. The smallest absolute Gasteiger partial charge is 0.416 e. The second kappa shape index (κ2) is 7.53. The van der Waals surface area contributed by atoms with Gasteiger partial charge in [0.05, 0.1) is 16.5 Å². The third-order valence-corrected chi connectivity index (χ3v) is 6.38. The highest BCUT2D eigenvalue weighted by atomic mass is 19.4. The summed E-state index contributed by atoms with van der Waals surface area (Å²) in [6, 6.07) is 17.9. The third-order valence-electron chi connectivity index (χ3n) is 6.38. The molecular weight excluding hydrogens is 470 g/mol. The standard InChI is InChI=1S/C27H16F6O2/c28-26(29,30)23-13-15(34)9-11-21(23)25(22-12-10-16(35)14-24(22)27(31,32)33)19-7-3-1-5-17(19)18-6-2-4-8-20(18)25/h1-14,34-35H. The molecule has 0 saturated heterocycles. The second-order valence-electron chi connectivity index (χ2n) is 8.30. The molecule has 0 atom stereocenters. The first-order valence-electron chi connectivity index (χ1n) is 10.5. The van der Waals surface area contributed by atoms with Crippen LogP contribution in [0.15, 0.2) is 84.9 Å². The van der Waals surface area contributed by atoms with Crippen molar-refractivity contribution < 1.29 is 36.6 Å². The first kappa shape index (κ1) is 22.8. The summed E-state index contributed by atoms with van der Waals surface area (Å²) < 4.78 is 86.1. The van der Waals surface area contributed by atoms with E-state index in [-0.39, 0.29) is 11.1 Å². The zero-order valence-corrected chi connectivity index (χ0v) is 17.7. The van der Waals surface area contributed by atoms with E-state index in [1.54, 1.807) is 36.4 Å². The Morgan fingerprint density at radius 2 is 0.857 bits per heavy atom. The molecule has 4 aromatic carbocycles. The zero-order chi connectivity index (χ0) is 25.2. The van der Waals surface area contributed by atoms with Crippen molar-refractivity contribution >= 4 is 0 Å². The number of phenolic OH excluding ortho intramolecular Hbond substituents is 2. The number of aromatic hydroxyl groups is 2. The number of halogens is 6. The highest BCUT2D eigenvalue weighted by Crippen LogP contribution is 2.60. The molecule has 0 heterocycles. The lowest BCUT2D eigenvalue weighted by molar-refractivity contribution is -0.138. The molecule has 0 bridgehead atoms. The van der Waals surface area contributed by atoms with Gasteiger partial charge in [-0.1, -0.05) is 60.7 Å². The highest BCUT2D eigenvalue weighted by molar-refractivity contribution is 5.87. The maximum Gasteiger partial charge on any atom is 0.416 e. The predicted octanol–water partition coefficient (Wildman–Crippen LogP) is 7.50. The van der Waals surface area contributed by atoms with E-state index in [0.717, 1.165) is 24.3 Å². The lowest BCUT2D eigenvalue weighted by Crippen LogP contribution is -2.34. The molecule has 1 aliphatic rings. The minimum atomic E-state index is -4.98. The van der Waals surface area contributed by atoms with Gasteiger partial charge in [-0.2, -0.15) is 26.3 Å². The Hall–Kier alpha value is -3.94. The van der Waals surface area contributed by atoms with Crippen molar-refractivity contribution in [3.05, 3.63) is 118 Å². The maximum atomic E-state index is 14.3. The lowest BCUT2D eigenvalue weighted by Gasteiger charge is -2.37. The van der Waals surface area contributed by atoms with Crippen LogP contribution in [0.25, 0.3) is 11.1 Å². The molecular formula is C27H16F6O2. The van der Waals surface area contributed by atoms with Gasteiger partial charge in [0.15, 0.2) is 0 Å². The van der Waals surface area contributed by atoms with Crippen LogP contribution < -0.4 is 0 Å². The molecule has 178 valence electrons. The van der Waals surface area contributed by atoms with E-state index in [0.29, 0.717) is 23.3 Å². The van der Waals surface area contributed by atoms with Crippen molar-refractivity contribution in [2.24, 2.45) is 0 Å². The average molecular weight is 486 g/mol. The minimum absolute atomic E-state index is 0.230. The molecule has 1 aliphatic carbocycles. The summed E-state index contributed by atoms with van der Waals surface area (Å²) in [5.41, 5.74) is -4.04. The molecule has 0 amide bonds. The van der Waals surface area contributed by atoms with Gasteiger partial charge in [-0.15, -0.1) is 0 Å². The van der Waals surface area contributed by atoms with Crippen LogP contribution in [0.4, 0.5) is 26.3 Å². The van der Waals surface area contributed by atoms with Gasteiger partial charge in [-0.3, -0.25) is 0 Å². The fourth-order valence-electron chi connectivity index (χ4n) is 5.15. The molecule has 35 heavy (non-hydrogen) atoms. The average Bonchev–Trinajstić information content (AvgIpc) is 3.09. The molecule has 0 spiro atoms. The van der Waals surface area contributed by atoms with Gasteiger partial charge in [0.1, 0.15) is 11.5 Å². The van der Waals surface area contributed by atoms with Crippen molar-refractivity contribution in [3.63, 3.8) is 0 Å². The first-order chi connectivity index (χ1) is 16.5. The van der Waals surface area contributed by atoms with Gasteiger partial charge in [-0.05, 0) is 57.6 Å². The highest BCUT2D eigenvalue weighted by Gasteiger charge is 2.53. The molecule has 2 nitrogen and oxygen atoms in total. The van der Waals surface area contributed by atoms with Crippen molar-refractivity contribution in [2.45, 2.75) is 17.8 Å².